The summed E-state index contributed by atoms with van der Waals surface area (Å²) in [7, 11) is 0. The van der Waals surface area contributed by atoms with Gasteiger partial charge in [-0.1, -0.05) is 12.1 Å². The highest BCUT2D eigenvalue weighted by Gasteiger charge is 2.33. The van der Waals surface area contributed by atoms with E-state index in [4.69, 9.17) is 9.47 Å². The molecule has 0 spiro atoms. The molecular weight excluding hydrogens is 538 g/mol. The monoisotopic (exact) mass is 555 g/mol. The van der Waals surface area contributed by atoms with Crippen LogP contribution in [-0.4, -0.2) is 17.7 Å². The Kier molecular flexibility index (Phi) is 8.28. The van der Waals surface area contributed by atoms with E-state index < -0.39 is 22.4 Å². The lowest BCUT2D eigenvalue weighted by molar-refractivity contribution is -0.384. The molecule has 35 heavy (non-hydrogen) atoms. The van der Waals surface area contributed by atoms with Gasteiger partial charge in [0.15, 0.2) is 11.5 Å². The number of hydrogen-bond acceptors (Lipinski definition) is 6. The fourth-order valence-electron chi connectivity index (χ4n) is 2.93. The largest absolute Gasteiger partial charge is 0.490 e. The zero-order chi connectivity index (χ0) is 25.6. The predicted octanol–water partition coefficient (Wildman–Crippen LogP) is 6.94. The van der Waals surface area contributed by atoms with E-state index in [1.165, 1.54) is 18.3 Å². The van der Waals surface area contributed by atoms with Crippen LogP contribution in [0.1, 0.15) is 23.6 Å². The quantitative estimate of drug-likeness (QED) is 0.134. The third-order valence-electron chi connectivity index (χ3n) is 4.55. The third kappa shape index (κ3) is 6.92. The van der Waals surface area contributed by atoms with Gasteiger partial charge < -0.3 is 9.47 Å². The van der Waals surface area contributed by atoms with E-state index in [0.717, 1.165) is 17.7 Å². The van der Waals surface area contributed by atoms with Gasteiger partial charge in [-0.2, -0.15) is 18.3 Å². The van der Waals surface area contributed by atoms with Crippen LogP contribution in [0.4, 0.5) is 28.9 Å². The van der Waals surface area contributed by atoms with Crippen molar-refractivity contribution in [2.24, 2.45) is 5.10 Å². The van der Waals surface area contributed by atoms with Gasteiger partial charge in [-0.05, 0) is 70.4 Å². The van der Waals surface area contributed by atoms with Crippen molar-refractivity contribution < 1.29 is 32.0 Å². The van der Waals surface area contributed by atoms with Crippen LogP contribution in [0, 0.1) is 15.9 Å². The number of nitrogens with one attached hydrogen (secondary N) is 1. The number of hydrazone groups is 1. The summed E-state index contributed by atoms with van der Waals surface area (Å²) in [6.07, 6.45) is -3.40. The summed E-state index contributed by atoms with van der Waals surface area (Å²) in [5.41, 5.74) is 1.55. The average molecular weight is 556 g/mol. The Labute approximate surface area is 205 Å². The molecule has 3 aromatic rings. The maximum Gasteiger partial charge on any atom is 0.416 e. The lowest BCUT2D eigenvalue weighted by Crippen LogP contribution is -2.06. The molecule has 0 aliphatic rings. The summed E-state index contributed by atoms with van der Waals surface area (Å²) in [4.78, 5) is 10.3. The van der Waals surface area contributed by atoms with Crippen LogP contribution in [0.25, 0.3) is 0 Å². The Bertz CT molecular complexity index is 1230. The summed E-state index contributed by atoms with van der Waals surface area (Å²) in [6.45, 7) is 2.27. The van der Waals surface area contributed by atoms with Crippen molar-refractivity contribution in [1.82, 2.24) is 0 Å². The van der Waals surface area contributed by atoms with Gasteiger partial charge in [0.05, 0.1) is 27.8 Å². The maximum absolute atomic E-state index is 13.1. The molecule has 12 heteroatoms. The Balaban J connectivity index is 1.79. The molecule has 7 nitrogen and oxygen atoms in total. The molecule has 0 radical (unpaired) electrons. The van der Waals surface area contributed by atoms with Crippen LogP contribution >= 0.6 is 15.9 Å². The van der Waals surface area contributed by atoms with Gasteiger partial charge in [-0.25, -0.2) is 4.39 Å². The van der Waals surface area contributed by atoms with Crippen LogP contribution in [0.5, 0.6) is 11.5 Å². The van der Waals surface area contributed by atoms with Crippen molar-refractivity contribution in [1.29, 1.82) is 0 Å². The van der Waals surface area contributed by atoms with E-state index in [-0.39, 0.29) is 18.1 Å². The van der Waals surface area contributed by atoms with Crippen molar-refractivity contribution in [3.63, 3.8) is 0 Å². The Hall–Kier alpha value is -3.67. The number of anilines is 1. The SMILES string of the molecule is CCOc1cc(/C=N\Nc2ccc(C(F)(F)F)cc2[N+](=O)[O-])cc(Br)c1OCc1ccc(F)cc1. The first-order valence-corrected chi connectivity index (χ1v) is 10.9. The van der Waals surface area contributed by atoms with E-state index >= 15 is 0 Å². The number of nitro benzene ring substituents is 1. The van der Waals surface area contributed by atoms with Crippen molar-refractivity contribution in [3.8, 4) is 11.5 Å². The fourth-order valence-corrected chi connectivity index (χ4v) is 3.51. The molecule has 0 aliphatic heterocycles. The molecule has 0 amide bonds. The topological polar surface area (TPSA) is 86.0 Å². The minimum Gasteiger partial charge on any atom is -0.490 e. The highest BCUT2D eigenvalue weighted by Crippen LogP contribution is 2.38. The summed E-state index contributed by atoms with van der Waals surface area (Å²) in [5.74, 6) is 0.425. The second kappa shape index (κ2) is 11.2. The summed E-state index contributed by atoms with van der Waals surface area (Å²) in [6, 6.07) is 11.2. The lowest BCUT2D eigenvalue weighted by atomic mass is 10.1. The highest BCUT2D eigenvalue weighted by atomic mass is 79.9. The molecule has 0 atom stereocenters. The first-order valence-electron chi connectivity index (χ1n) is 10.1. The molecule has 3 rings (SSSR count). The average Bonchev–Trinajstić information content (AvgIpc) is 2.79. The van der Waals surface area contributed by atoms with E-state index in [1.807, 2.05) is 0 Å². The van der Waals surface area contributed by atoms with E-state index in [1.54, 1.807) is 31.2 Å². The fraction of sp³-hybridized carbons (Fsp3) is 0.174. The minimum atomic E-state index is -4.71. The number of alkyl halides is 3. The number of halogens is 5. The van der Waals surface area contributed by atoms with Crippen molar-refractivity contribution in [2.45, 2.75) is 19.7 Å². The number of nitro groups is 1. The molecule has 0 heterocycles. The molecule has 0 fully saturated rings. The third-order valence-corrected chi connectivity index (χ3v) is 5.14. The molecule has 0 aromatic heterocycles. The van der Waals surface area contributed by atoms with Gasteiger partial charge in [0.25, 0.3) is 5.69 Å². The molecule has 3 aromatic carbocycles. The smallest absolute Gasteiger partial charge is 0.416 e. The van der Waals surface area contributed by atoms with Crippen LogP contribution in [0.2, 0.25) is 0 Å². The number of hydrogen-bond donors (Lipinski definition) is 1. The number of rotatable bonds is 9. The Morgan fingerprint density at radius 3 is 2.46 bits per heavy atom. The molecule has 184 valence electrons. The minimum absolute atomic E-state index is 0.158. The number of nitrogens with zero attached hydrogens (tertiary/aromatic N) is 2. The second-order valence-electron chi connectivity index (χ2n) is 7.03. The van der Waals surface area contributed by atoms with Crippen LogP contribution in [0.15, 0.2) is 64.2 Å². The van der Waals surface area contributed by atoms with E-state index in [0.29, 0.717) is 34.2 Å². The van der Waals surface area contributed by atoms with Crippen molar-refractivity contribution in [2.75, 3.05) is 12.0 Å². The lowest BCUT2D eigenvalue weighted by Gasteiger charge is -2.14. The zero-order valence-electron chi connectivity index (χ0n) is 18.1. The molecule has 0 saturated heterocycles. The molecule has 0 unspecified atom stereocenters. The van der Waals surface area contributed by atoms with Crippen molar-refractivity contribution >= 4 is 33.5 Å². The Morgan fingerprint density at radius 2 is 1.83 bits per heavy atom. The van der Waals surface area contributed by atoms with E-state index in [2.05, 4.69) is 26.5 Å². The molecule has 0 saturated carbocycles. The maximum atomic E-state index is 13.1. The van der Waals surface area contributed by atoms with Gasteiger partial charge in [0.2, 0.25) is 0 Å². The van der Waals surface area contributed by atoms with Gasteiger partial charge in [0.1, 0.15) is 18.1 Å². The first-order chi connectivity index (χ1) is 16.6. The first kappa shape index (κ1) is 25.9. The van der Waals surface area contributed by atoms with Gasteiger partial charge >= 0.3 is 6.18 Å². The number of benzene rings is 3. The summed E-state index contributed by atoms with van der Waals surface area (Å²) < 4.78 is 63.7. The standard InChI is InChI=1S/C23H18BrF4N3O4/c1-2-34-21-10-15(9-18(24)22(21)35-13-14-3-6-17(25)7-4-14)12-29-30-19-8-5-16(23(26,27)28)11-20(19)31(32)33/h3-12,30H,2,13H2,1H3/b29-12-. The highest BCUT2D eigenvalue weighted by molar-refractivity contribution is 9.10. The zero-order valence-corrected chi connectivity index (χ0v) is 19.7. The van der Waals surface area contributed by atoms with Crippen molar-refractivity contribution in [3.05, 3.63) is 91.7 Å². The molecule has 1 N–H and O–H groups in total. The van der Waals surface area contributed by atoms with E-state index in [9.17, 15) is 27.7 Å². The molecule has 0 bridgehead atoms. The summed E-state index contributed by atoms with van der Waals surface area (Å²) >= 11 is 3.40. The van der Waals surface area contributed by atoms with Crippen LogP contribution in [-0.2, 0) is 12.8 Å². The predicted molar refractivity (Wildman–Crippen MR) is 125 cm³/mol. The van der Waals surface area contributed by atoms with Gasteiger partial charge in [0, 0.05) is 6.07 Å². The summed E-state index contributed by atoms with van der Waals surface area (Å²) in [5, 5.41) is 15.1. The second-order valence-corrected chi connectivity index (χ2v) is 7.89. The van der Waals surface area contributed by atoms with Gasteiger partial charge in [-0.3, -0.25) is 15.5 Å². The number of ether oxygens (including phenoxy) is 2. The van der Waals surface area contributed by atoms with Crippen LogP contribution in [0.3, 0.4) is 0 Å². The van der Waals surface area contributed by atoms with Crippen LogP contribution < -0.4 is 14.9 Å². The van der Waals surface area contributed by atoms with Gasteiger partial charge in [-0.15, -0.1) is 0 Å². The molecular formula is C23H18BrF4N3O4. The molecule has 0 aliphatic carbocycles. The Morgan fingerprint density at radius 1 is 1.11 bits per heavy atom. The normalized spacial score (nSPS) is 11.5.